The van der Waals surface area contributed by atoms with Gasteiger partial charge in [0.05, 0.1) is 23.7 Å². The molecule has 1 heterocycles. The number of benzene rings is 1. The van der Waals surface area contributed by atoms with Gasteiger partial charge in [0.2, 0.25) is 5.91 Å². The lowest BCUT2D eigenvalue weighted by Crippen LogP contribution is -2.17. The molecule has 2 rings (SSSR count). The van der Waals surface area contributed by atoms with E-state index in [4.69, 9.17) is 10.00 Å². The third-order valence-electron chi connectivity index (χ3n) is 2.18. The molecule has 0 aliphatic carbocycles. The van der Waals surface area contributed by atoms with Crippen molar-refractivity contribution in [3.63, 3.8) is 0 Å². The molecule has 1 N–H and O–H groups in total. The van der Waals surface area contributed by atoms with Gasteiger partial charge < -0.3 is 10.1 Å². The lowest BCUT2D eigenvalue weighted by Gasteiger charge is -2.10. The van der Waals surface area contributed by atoms with Crippen LogP contribution in [-0.4, -0.2) is 12.0 Å². The number of nitriles is 1. The first kappa shape index (κ1) is 9.53. The fourth-order valence-corrected chi connectivity index (χ4v) is 1.52. The second-order valence-electron chi connectivity index (χ2n) is 3.50. The van der Waals surface area contributed by atoms with Gasteiger partial charge in [-0.3, -0.25) is 4.79 Å². The molecule has 1 aliphatic heterocycles. The number of nitrogens with one attached hydrogen (secondary N) is 1. The third-order valence-corrected chi connectivity index (χ3v) is 2.18. The number of carbonyl (C=O) groups excluding carboxylic acids is 1. The number of nitrogens with zero attached hydrogens (tertiary/aromatic N) is 1. The Balaban J connectivity index is 2.43. The normalized spacial score (nSPS) is 19.2. The van der Waals surface area contributed by atoms with E-state index < -0.39 is 0 Å². The van der Waals surface area contributed by atoms with Crippen LogP contribution >= 0.6 is 0 Å². The number of hydrogen-bond acceptors (Lipinski definition) is 3. The van der Waals surface area contributed by atoms with Crippen LogP contribution in [0.5, 0.6) is 5.75 Å². The van der Waals surface area contributed by atoms with Crippen molar-refractivity contribution in [3.05, 3.63) is 23.8 Å². The van der Waals surface area contributed by atoms with Crippen molar-refractivity contribution < 1.29 is 9.53 Å². The van der Waals surface area contributed by atoms with Crippen molar-refractivity contribution in [2.45, 2.75) is 19.4 Å². The van der Waals surface area contributed by atoms with Crippen LogP contribution in [0.15, 0.2) is 18.2 Å². The van der Waals surface area contributed by atoms with E-state index in [1.165, 1.54) is 0 Å². The van der Waals surface area contributed by atoms with Crippen LogP contribution in [0.4, 0.5) is 5.69 Å². The Hall–Kier alpha value is -2.02. The summed E-state index contributed by atoms with van der Waals surface area (Å²) in [5.41, 5.74) is 1.08. The zero-order chi connectivity index (χ0) is 10.8. The van der Waals surface area contributed by atoms with Gasteiger partial charge in [-0.1, -0.05) is 0 Å². The summed E-state index contributed by atoms with van der Waals surface area (Å²) in [5, 5.41) is 11.4. The molecule has 0 bridgehead atoms. The fraction of sp³-hybridized carbons (Fsp3) is 0.273. The number of carbonyl (C=O) groups is 1. The number of amides is 1. The molecule has 0 saturated carbocycles. The summed E-state index contributed by atoms with van der Waals surface area (Å²) < 4.78 is 5.53. The minimum atomic E-state index is -0.140. The summed E-state index contributed by atoms with van der Waals surface area (Å²) in [7, 11) is 0. The SMILES string of the molecule is CC1CC(=O)Nc2cc(C#N)ccc2O1. The summed E-state index contributed by atoms with van der Waals surface area (Å²) >= 11 is 0. The third kappa shape index (κ3) is 1.91. The first-order chi connectivity index (χ1) is 7.19. The minimum absolute atomic E-state index is 0.0867. The van der Waals surface area contributed by atoms with E-state index in [0.29, 0.717) is 23.4 Å². The average molecular weight is 202 g/mol. The van der Waals surface area contributed by atoms with Gasteiger partial charge in [0, 0.05) is 0 Å². The highest BCUT2D eigenvalue weighted by Crippen LogP contribution is 2.29. The van der Waals surface area contributed by atoms with Gasteiger partial charge >= 0.3 is 0 Å². The molecule has 1 atom stereocenters. The molecule has 1 aromatic rings. The van der Waals surface area contributed by atoms with Gasteiger partial charge in [-0.05, 0) is 25.1 Å². The van der Waals surface area contributed by atoms with Crippen LogP contribution in [0.3, 0.4) is 0 Å². The van der Waals surface area contributed by atoms with Crippen LogP contribution in [0.25, 0.3) is 0 Å². The molecule has 1 aliphatic rings. The Morgan fingerprint density at radius 2 is 2.40 bits per heavy atom. The van der Waals surface area contributed by atoms with Gasteiger partial charge in [0.25, 0.3) is 0 Å². The monoisotopic (exact) mass is 202 g/mol. The highest BCUT2D eigenvalue weighted by Gasteiger charge is 2.19. The molecule has 0 radical (unpaired) electrons. The highest BCUT2D eigenvalue weighted by atomic mass is 16.5. The zero-order valence-corrected chi connectivity index (χ0v) is 8.28. The van der Waals surface area contributed by atoms with E-state index in [1.54, 1.807) is 18.2 Å². The molecule has 1 unspecified atom stereocenters. The summed E-state index contributed by atoms with van der Waals surface area (Å²) in [6.45, 7) is 1.84. The first-order valence-electron chi connectivity index (χ1n) is 4.69. The van der Waals surface area contributed by atoms with E-state index in [2.05, 4.69) is 5.32 Å². The second kappa shape index (κ2) is 3.62. The van der Waals surface area contributed by atoms with Crippen molar-refractivity contribution in [3.8, 4) is 11.8 Å². The molecule has 4 nitrogen and oxygen atoms in total. The first-order valence-corrected chi connectivity index (χ1v) is 4.69. The molecule has 1 aromatic carbocycles. The summed E-state index contributed by atoms with van der Waals surface area (Å²) in [6.07, 6.45) is 0.190. The Kier molecular flexibility index (Phi) is 2.30. The van der Waals surface area contributed by atoms with Crippen LogP contribution in [0, 0.1) is 11.3 Å². The summed E-state index contributed by atoms with van der Waals surface area (Å²) in [4.78, 5) is 11.4. The predicted molar refractivity (Wildman–Crippen MR) is 54.5 cm³/mol. The van der Waals surface area contributed by atoms with E-state index >= 15 is 0 Å². The standard InChI is InChI=1S/C11H10N2O2/c1-7-4-11(14)13-9-5-8(6-12)2-3-10(9)15-7/h2-3,5,7H,4H2,1H3,(H,13,14). The van der Waals surface area contributed by atoms with E-state index in [-0.39, 0.29) is 12.0 Å². The van der Waals surface area contributed by atoms with E-state index in [9.17, 15) is 4.79 Å². The van der Waals surface area contributed by atoms with Crippen molar-refractivity contribution in [1.82, 2.24) is 0 Å². The lowest BCUT2D eigenvalue weighted by molar-refractivity contribution is -0.117. The number of ether oxygens (including phenoxy) is 1. The van der Waals surface area contributed by atoms with Gasteiger partial charge in [-0.25, -0.2) is 0 Å². The predicted octanol–water partition coefficient (Wildman–Crippen LogP) is 1.67. The second-order valence-corrected chi connectivity index (χ2v) is 3.50. The fourth-order valence-electron chi connectivity index (χ4n) is 1.52. The molecular formula is C11H10N2O2. The van der Waals surface area contributed by atoms with Crippen LogP contribution in [0.2, 0.25) is 0 Å². The molecule has 0 aromatic heterocycles. The number of hydrogen-bond donors (Lipinski definition) is 1. The van der Waals surface area contributed by atoms with Crippen molar-refractivity contribution >= 4 is 11.6 Å². The maximum absolute atomic E-state index is 11.4. The van der Waals surface area contributed by atoms with Gasteiger partial charge in [-0.2, -0.15) is 5.26 Å². The molecule has 4 heteroatoms. The Labute approximate surface area is 87.5 Å². The van der Waals surface area contributed by atoms with E-state index in [0.717, 1.165) is 0 Å². The zero-order valence-electron chi connectivity index (χ0n) is 8.28. The Morgan fingerprint density at radius 3 is 3.13 bits per heavy atom. The summed E-state index contributed by atoms with van der Waals surface area (Å²) in [5.74, 6) is 0.531. The van der Waals surface area contributed by atoms with Crippen LogP contribution < -0.4 is 10.1 Å². The minimum Gasteiger partial charge on any atom is -0.488 e. The molecule has 15 heavy (non-hydrogen) atoms. The van der Waals surface area contributed by atoms with Crippen molar-refractivity contribution in [1.29, 1.82) is 5.26 Å². The van der Waals surface area contributed by atoms with E-state index in [1.807, 2.05) is 13.0 Å². The molecular weight excluding hydrogens is 192 g/mol. The quantitative estimate of drug-likeness (QED) is 0.696. The van der Waals surface area contributed by atoms with Crippen LogP contribution in [0.1, 0.15) is 18.9 Å². The Morgan fingerprint density at radius 1 is 1.60 bits per heavy atom. The highest BCUT2D eigenvalue weighted by molar-refractivity contribution is 5.93. The summed E-state index contributed by atoms with van der Waals surface area (Å²) in [6, 6.07) is 7.01. The van der Waals surface area contributed by atoms with Crippen molar-refractivity contribution in [2.24, 2.45) is 0 Å². The maximum Gasteiger partial charge on any atom is 0.228 e. The molecule has 0 saturated heterocycles. The topological polar surface area (TPSA) is 62.1 Å². The Bertz CT molecular complexity index is 448. The molecule has 0 fully saturated rings. The largest absolute Gasteiger partial charge is 0.488 e. The average Bonchev–Trinajstić information content (AvgIpc) is 2.33. The lowest BCUT2D eigenvalue weighted by atomic mass is 10.2. The van der Waals surface area contributed by atoms with Gasteiger partial charge in [0.1, 0.15) is 11.9 Å². The van der Waals surface area contributed by atoms with Crippen LogP contribution in [-0.2, 0) is 4.79 Å². The number of fused-ring (bicyclic) bond motifs is 1. The van der Waals surface area contributed by atoms with Gasteiger partial charge in [0.15, 0.2) is 0 Å². The van der Waals surface area contributed by atoms with Gasteiger partial charge in [-0.15, -0.1) is 0 Å². The molecule has 1 amide bonds. The maximum atomic E-state index is 11.4. The van der Waals surface area contributed by atoms with Crippen molar-refractivity contribution in [2.75, 3.05) is 5.32 Å². The molecule has 76 valence electrons. The number of rotatable bonds is 0. The number of anilines is 1. The smallest absolute Gasteiger partial charge is 0.228 e. The molecule has 0 spiro atoms.